The van der Waals surface area contributed by atoms with Crippen molar-refractivity contribution in [1.29, 1.82) is 0 Å². The van der Waals surface area contributed by atoms with E-state index < -0.39 is 0 Å². The molecule has 0 bridgehead atoms. The standard InChI is InChI=1S/C11H15ClN8/c1-2-3-15-5-6(4-13)16-11-17-9(14)7-8(12)19-20-10(7)18-11/h4-5H,2-3,13H2,1H3,(H4,14,16,17,18,19,20). The van der Waals surface area contributed by atoms with Crippen molar-refractivity contribution in [2.75, 3.05) is 17.6 Å². The van der Waals surface area contributed by atoms with Crippen molar-refractivity contribution in [1.82, 2.24) is 20.2 Å². The Morgan fingerprint density at radius 3 is 3.00 bits per heavy atom. The molecule has 2 aromatic rings. The average Bonchev–Trinajstić information content (AvgIpc) is 2.80. The Hall–Kier alpha value is -2.35. The lowest BCUT2D eigenvalue weighted by Gasteiger charge is -2.05. The third-order valence-electron chi connectivity index (χ3n) is 2.42. The molecule has 9 heteroatoms. The number of H-pyrrole nitrogens is 1. The first-order valence-electron chi connectivity index (χ1n) is 6.01. The number of aromatic nitrogens is 4. The predicted octanol–water partition coefficient (Wildman–Crippen LogP) is 1.28. The molecular weight excluding hydrogens is 280 g/mol. The van der Waals surface area contributed by atoms with Gasteiger partial charge in [0, 0.05) is 19.0 Å². The summed E-state index contributed by atoms with van der Waals surface area (Å²) in [5.41, 5.74) is 12.3. The van der Waals surface area contributed by atoms with E-state index >= 15 is 0 Å². The van der Waals surface area contributed by atoms with E-state index in [4.69, 9.17) is 23.1 Å². The molecule has 2 aromatic heterocycles. The fourth-order valence-electron chi connectivity index (χ4n) is 1.51. The first-order chi connectivity index (χ1) is 9.65. The van der Waals surface area contributed by atoms with Crippen LogP contribution in [0.5, 0.6) is 0 Å². The number of hydrogen-bond acceptors (Lipinski definition) is 7. The Labute approximate surface area is 120 Å². The van der Waals surface area contributed by atoms with Crippen LogP contribution in [0, 0.1) is 0 Å². The molecule has 0 aliphatic rings. The molecule has 0 fully saturated rings. The largest absolute Gasteiger partial charge is 0.403 e. The monoisotopic (exact) mass is 294 g/mol. The quantitative estimate of drug-likeness (QED) is 0.614. The van der Waals surface area contributed by atoms with Crippen LogP contribution in [-0.2, 0) is 0 Å². The minimum absolute atomic E-state index is 0.234. The van der Waals surface area contributed by atoms with E-state index in [0.717, 1.165) is 13.0 Å². The average molecular weight is 295 g/mol. The van der Waals surface area contributed by atoms with Crippen LogP contribution in [0.3, 0.4) is 0 Å². The van der Waals surface area contributed by atoms with Gasteiger partial charge in [0.05, 0.1) is 5.70 Å². The van der Waals surface area contributed by atoms with Crippen molar-refractivity contribution in [3.8, 4) is 0 Å². The van der Waals surface area contributed by atoms with Gasteiger partial charge < -0.3 is 16.8 Å². The normalized spacial score (nSPS) is 12.4. The van der Waals surface area contributed by atoms with E-state index in [1.54, 1.807) is 6.21 Å². The number of anilines is 2. The maximum absolute atomic E-state index is 5.90. The summed E-state index contributed by atoms with van der Waals surface area (Å²) >= 11 is 5.90. The van der Waals surface area contributed by atoms with Gasteiger partial charge >= 0.3 is 0 Å². The topological polar surface area (TPSA) is 131 Å². The van der Waals surface area contributed by atoms with Gasteiger partial charge in [-0.1, -0.05) is 18.5 Å². The maximum atomic E-state index is 5.90. The summed E-state index contributed by atoms with van der Waals surface area (Å²) < 4.78 is 0. The lowest BCUT2D eigenvalue weighted by Crippen LogP contribution is -2.08. The SMILES string of the molecule is CCCN=CC(=CN)Nc1nc(N)c2c(Cl)[nH]nc2n1. The Bertz CT molecular complexity index is 660. The molecule has 20 heavy (non-hydrogen) atoms. The number of nitrogen functional groups attached to an aromatic ring is 1. The fourth-order valence-corrected chi connectivity index (χ4v) is 1.73. The van der Waals surface area contributed by atoms with E-state index in [-0.39, 0.29) is 11.8 Å². The second-order valence-electron chi connectivity index (χ2n) is 3.95. The van der Waals surface area contributed by atoms with Crippen LogP contribution in [0.25, 0.3) is 11.0 Å². The Kier molecular flexibility index (Phi) is 4.36. The highest BCUT2D eigenvalue weighted by Crippen LogP contribution is 2.24. The number of nitrogens with one attached hydrogen (secondary N) is 2. The van der Waals surface area contributed by atoms with Gasteiger partial charge in [-0.2, -0.15) is 15.1 Å². The summed E-state index contributed by atoms with van der Waals surface area (Å²) in [6.45, 7) is 2.76. The highest BCUT2D eigenvalue weighted by molar-refractivity contribution is 6.35. The second kappa shape index (κ2) is 6.20. The summed E-state index contributed by atoms with van der Waals surface area (Å²) in [5, 5.41) is 10.3. The van der Waals surface area contributed by atoms with Crippen molar-refractivity contribution in [2.45, 2.75) is 13.3 Å². The minimum Gasteiger partial charge on any atom is -0.403 e. The predicted molar refractivity (Wildman–Crippen MR) is 80.6 cm³/mol. The van der Waals surface area contributed by atoms with Gasteiger partial charge in [0.25, 0.3) is 0 Å². The minimum atomic E-state index is 0.234. The number of fused-ring (bicyclic) bond motifs is 1. The third kappa shape index (κ3) is 2.97. The number of hydrogen-bond donors (Lipinski definition) is 4. The summed E-state index contributed by atoms with van der Waals surface area (Å²) in [5.74, 6) is 0.510. The van der Waals surface area contributed by atoms with Gasteiger partial charge in [-0.05, 0) is 6.42 Å². The van der Waals surface area contributed by atoms with Crippen LogP contribution >= 0.6 is 11.6 Å². The lowest BCUT2D eigenvalue weighted by molar-refractivity contribution is 0.936. The lowest BCUT2D eigenvalue weighted by atomic mass is 10.4. The van der Waals surface area contributed by atoms with E-state index in [2.05, 4.69) is 30.5 Å². The summed E-state index contributed by atoms with van der Waals surface area (Å²) in [6, 6.07) is 0. The molecule has 8 nitrogen and oxygen atoms in total. The smallest absolute Gasteiger partial charge is 0.231 e. The molecule has 0 saturated carbocycles. The van der Waals surface area contributed by atoms with E-state index in [1.807, 2.05) is 6.92 Å². The molecule has 0 aromatic carbocycles. The zero-order valence-corrected chi connectivity index (χ0v) is 11.6. The number of rotatable bonds is 5. The molecule has 0 aliphatic heterocycles. The van der Waals surface area contributed by atoms with Crippen molar-refractivity contribution < 1.29 is 0 Å². The Morgan fingerprint density at radius 2 is 2.30 bits per heavy atom. The number of nitrogens with zero attached hydrogens (tertiary/aromatic N) is 4. The summed E-state index contributed by atoms with van der Waals surface area (Å²) in [6.07, 6.45) is 3.95. The molecule has 0 unspecified atom stereocenters. The number of allylic oxidation sites excluding steroid dienone is 1. The molecule has 6 N–H and O–H groups in total. The molecule has 2 heterocycles. The van der Waals surface area contributed by atoms with Gasteiger partial charge in [0.2, 0.25) is 5.95 Å². The van der Waals surface area contributed by atoms with Crippen molar-refractivity contribution >= 4 is 40.6 Å². The molecular formula is C11H15ClN8. The first kappa shape index (κ1) is 14.1. The van der Waals surface area contributed by atoms with E-state index in [0.29, 0.717) is 21.9 Å². The first-order valence-corrected chi connectivity index (χ1v) is 6.39. The molecule has 2 rings (SSSR count). The van der Waals surface area contributed by atoms with Crippen LogP contribution in [0.1, 0.15) is 13.3 Å². The molecule has 0 spiro atoms. The number of halogens is 1. The summed E-state index contributed by atoms with van der Waals surface area (Å²) in [7, 11) is 0. The number of aliphatic imine (C=N–C) groups is 1. The van der Waals surface area contributed by atoms with Crippen molar-refractivity contribution in [3.05, 3.63) is 17.1 Å². The van der Waals surface area contributed by atoms with E-state index in [9.17, 15) is 0 Å². The number of aromatic amines is 1. The molecule has 106 valence electrons. The second-order valence-corrected chi connectivity index (χ2v) is 4.33. The highest BCUT2D eigenvalue weighted by Gasteiger charge is 2.12. The van der Waals surface area contributed by atoms with Gasteiger partial charge in [-0.15, -0.1) is 0 Å². The van der Waals surface area contributed by atoms with Crippen molar-refractivity contribution in [3.63, 3.8) is 0 Å². The van der Waals surface area contributed by atoms with E-state index in [1.165, 1.54) is 6.20 Å². The number of nitrogens with two attached hydrogens (primary N) is 2. The Morgan fingerprint density at radius 1 is 1.50 bits per heavy atom. The highest BCUT2D eigenvalue weighted by atomic mass is 35.5. The molecule has 0 saturated heterocycles. The van der Waals surface area contributed by atoms with Crippen LogP contribution in [0.2, 0.25) is 5.15 Å². The van der Waals surface area contributed by atoms with Crippen LogP contribution < -0.4 is 16.8 Å². The molecule has 0 amide bonds. The molecule has 0 aliphatic carbocycles. The van der Waals surface area contributed by atoms with Gasteiger partial charge in [-0.25, -0.2) is 0 Å². The van der Waals surface area contributed by atoms with Crippen LogP contribution in [0.4, 0.5) is 11.8 Å². The summed E-state index contributed by atoms with van der Waals surface area (Å²) in [4.78, 5) is 12.5. The maximum Gasteiger partial charge on any atom is 0.231 e. The third-order valence-corrected chi connectivity index (χ3v) is 2.69. The fraction of sp³-hybridized carbons (Fsp3) is 0.273. The molecule has 0 radical (unpaired) electrons. The van der Waals surface area contributed by atoms with Gasteiger partial charge in [0.15, 0.2) is 5.65 Å². The Balaban J connectivity index is 2.25. The van der Waals surface area contributed by atoms with Crippen LogP contribution in [0.15, 0.2) is 16.9 Å². The zero-order valence-electron chi connectivity index (χ0n) is 10.9. The van der Waals surface area contributed by atoms with Gasteiger partial charge in [0.1, 0.15) is 16.4 Å². The van der Waals surface area contributed by atoms with Gasteiger partial charge in [-0.3, -0.25) is 10.1 Å². The van der Waals surface area contributed by atoms with Crippen LogP contribution in [-0.4, -0.2) is 32.9 Å². The molecule has 0 atom stereocenters. The van der Waals surface area contributed by atoms with Crippen molar-refractivity contribution in [2.24, 2.45) is 10.7 Å². The zero-order chi connectivity index (χ0) is 14.5.